The highest BCUT2D eigenvalue weighted by Crippen LogP contribution is 2.25. The number of carbonyl (C=O) groups is 2. The number of aliphatic hydroxyl groups is 1. The fourth-order valence-corrected chi connectivity index (χ4v) is 3.32. The van der Waals surface area contributed by atoms with Gasteiger partial charge in [-0.15, -0.1) is 6.42 Å². The number of aliphatic hydroxyl groups excluding tert-OH is 1. The molecule has 1 aromatic rings. The second-order valence-electron chi connectivity index (χ2n) is 8.52. The summed E-state index contributed by atoms with van der Waals surface area (Å²) in [5.41, 5.74) is 7.23. The minimum Gasteiger partial charge on any atom is -0.391 e. The van der Waals surface area contributed by atoms with Gasteiger partial charge in [0.15, 0.2) is 0 Å². The van der Waals surface area contributed by atoms with Gasteiger partial charge in [-0.3, -0.25) is 9.59 Å². The Morgan fingerprint density at radius 2 is 2.00 bits per heavy atom. The zero-order valence-corrected chi connectivity index (χ0v) is 17.5. The third-order valence-electron chi connectivity index (χ3n) is 5.19. The molecule has 0 aliphatic carbocycles. The number of ether oxygens (including phenoxy) is 1. The summed E-state index contributed by atoms with van der Waals surface area (Å²) in [7, 11) is 1.55. The van der Waals surface area contributed by atoms with Crippen LogP contribution >= 0.6 is 0 Å². The Bertz CT molecular complexity index is 764. The second-order valence-corrected chi connectivity index (χ2v) is 8.52. The molecular weight excluding hydrogens is 370 g/mol. The average Bonchev–Trinajstić information content (AvgIpc) is 3.07. The molecule has 7 nitrogen and oxygen atoms in total. The molecule has 0 unspecified atom stereocenters. The van der Waals surface area contributed by atoms with Crippen molar-refractivity contribution in [2.24, 2.45) is 11.1 Å². The third kappa shape index (κ3) is 5.57. The van der Waals surface area contributed by atoms with Crippen molar-refractivity contribution >= 4 is 11.8 Å². The molecule has 158 valence electrons. The van der Waals surface area contributed by atoms with Crippen molar-refractivity contribution in [3.63, 3.8) is 0 Å². The van der Waals surface area contributed by atoms with Crippen LogP contribution in [0.2, 0.25) is 0 Å². The number of carbonyl (C=O) groups excluding carboxylic acids is 2. The maximum atomic E-state index is 13.0. The Labute approximate surface area is 172 Å². The van der Waals surface area contributed by atoms with E-state index in [0.717, 1.165) is 11.1 Å². The first-order chi connectivity index (χ1) is 13.6. The van der Waals surface area contributed by atoms with Crippen molar-refractivity contribution in [1.29, 1.82) is 0 Å². The lowest BCUT2D eigenvalue weighted by Gasteiger charge is -2.33. The number of amides is 2. The lowest BCUT2D eigenvalue weighted by molar-refractivity contribution is -0.141. The van der Waals surface area contributed by atoms with E-state index < -0.39 is 29.6 Å². The number of hydrogen-bond donors (Lipinski definition) is 3. The smallest absolute Gasteiger partial charge is 0.243 e. The zero-order valence-electron chi connectivity index (χ0n) is 17.5. The summed E-state index contributed by atoms with van der Waals surface area (Å²) >= 11 is 0. The molecule has 1 aliphatic rings. The summed E-state index contributed by atoms with van der Waals surface area (Å²) in [5.74, 6) is 1.87. The van der Waals surface area contributed by atoms with E-state index in [4.69, 9.17) is 16.9 Å². The van der Waals surface area contributed by atoms with Gasteiger partial charge in [0.05, 0.1) is 24.8 Å². The van der Waals surface area contributed by atoms with Gasteiger partial charge in [0.1, 0.15) is 6.04 Å². The van der Waals surface area contributed by atoms with Crippen molar-refractivity contribution in [3.05, 3.63) is 35.4 Å². The highest BCUT2D eigenvalue weighted by Gasteiger charge is 2.43. The summed E-state index contributed by atoms with van der Waals surface area (Å²) in [6.45, 7) is 5.95. The van der Waals surface area contributed by atoms with Crippen molar-refractivity contribution in [2.75, 3.05) is 20.3 Å². The maximum absolute atomic E-state index is 13.0. The van der Waals surface area contributed by atoms with E-state index in [-0.39, 0.29) is 31.4 Å². The molecule has 0 bridgehead atoms. The number of nitrogens with one attached hydrogen (secondary N) is 1. The first-order valence-electron chi connectivity index (χ1n) is 9.68. The zero-order chi connectivity index (χ0) is 21.8. The van der Waals surface area contributed by atoms with Crippen LogP contribution in [0.4, 0.5) is 0 Å². The van der Waals surface area contributed by atoms with E-state index in [9.17, 15) is 14.7 Å². The Balaban J connectivity index is 2.18. The summed E-state index contributed by atoms with van der Waals surface area (Å²) in [6.07, 6.45) is 4.80. The van der Waals surface area contributed by atoms with Crippen molar-refractivity contribution in [1.82, 2.24) is 10.2 Å². The SMILES string of the molecule is C#Cc1ccc([C@H](COC)NC(=O)[C@@H]2C[C@@H](O)CN2C(=O)[C@@H](N)C(C)(C)C)cc1. The number of rotatable bonds is 6. The standard InChI is InChI=1S/C22H31N3O4/c1-6-14-7-9-15(10-8-14)17(13-29-5)24-20(27)18-11-16(26)12-25(18)21(28)19(23)22(2,3)4/h1,7-10,16-19,26H,11-13,23H2,2-5H3,(H,24,27)/t16-,17+,18+,19-/m1/s1. The van der Waals surface area contributed by atoms with E-state index in [1.54, 1.807) is 19.2 Å². The van der Waals surface area contributed by atoms with Crippen LogP contribution in [0.5, 0.6) is 0 Å². The molecule has 0 aromatic heterocycles. The largest absolute Gasteiger partial charge is 0.391 e. The first kappa shape index (κ1) is 22.9. The van der Waals surface area contributed by atoms with Gasteiger partial charge in [-0.05, 0) is 23.1 Å². The Morgan fingerprint density at radius 3 is 2.52 bits per heavy atom. The predicted molar refractivity (Wildman–Crippen MR) is 111 cm³/mol. The molecule has 7 heteroatoms. The maximum Gasteiger partial charge on any atom is 0.243 e. The molecule has 0 radical (unpaired) electrons. The molecule has 1 fully saturated rings. The number of likely N-dealkylation sites (tertiary alicyclic amines) is 1. The highest BCUT2D eigenvalue weighted by molar-refractivity contribution is 5.91. The molecule has 4 N–H and O–H groups in total. The molecule has 1 heterocycles. The summed E-state index contributed by atoms with van der Waals surface area (Å²) < 4.78 is 5.25. The summed E-state index contributed by atoms with van der Waals surface area (Å²) in [6, 6.07) is 5.29. The van der Waals surface area contributed by atoms with Crippen LogP contribution in [0.3, 0.4) is 0 Å². The number of terminal acetylenes is 1. The third-order valence-corrected chi connectivity index (χ3v) is 5.19. The van der Waals surface area contributed by atoms with Gasteiger partial charge in [0.25, 0.3) is 0 Å². The highest BCUT2D eigenvalue weighted by atomic mass is 16.5. The molecule has 0 saturated carbocycles. The van der Waals surface area contributed by atoms with E-state index in [1.165, 1.54) is 4.90 Å². The van der Waals surface area contributed by atoms with Gasteiger partial charge < -0.3 is 25.8 Å². The molecule has 2 amide bonds. The van der Waals surface area contributed by atoms with Gasteiger partial charge in [-0.25, -0.2) is 0 Å². The minimum absolute atomic E-state index is 0.0898. The van der Waals surface area contributed by atoms with Crippen LogP contribution in [0.1, 0.15) is 44.4 Å². The molecule has 1 aliphatic heterocycles. The quantitative estimate of drug-likeness (QED) is 0.612. The second kappa shape index (κ2) is 9.40. The van der Waals surface area contributed by atoms with Crippen LogP contribution in [-0.2, 0) is 14.3 Å². The number of β-amino-alcohol motifs (C(OH)–C–C–N with tert-alkyl or cyclic N) is 1. The topological polar surface area (TPSA) is 105 Å². The first-order valence-corrected chi connectivity index (χ1v) is 9.68. The van der Waals surface area contributed by atoms with E-state index >= 15 is 0 Å². The summed E-state index contributed by atoms with van der Waals surface area (Å²) in [5, 5.41) is 13.0. The Morgan fingerprint density at radius 1 is 1.38 bits per heavy atom. The number of nitrogens with two attached hydrogens (primary N) is 1. The van der Waals surface area contributed by atoms with Crippen LogP contribution in [0, 0.1) is 17.8 Å². The van der Waals surface area contributed by atoms with Crippen LogP contribution < -0.4 is 11.1 Å². The van der Waals surface area contributed by atoms with E-state index in [1.807, 2.05) is 32.9 Å². The summed E-state index contributed by atoms with van der Waals surface area (Å²) in [4.78, 5) is 27.3. The molecular formula is C22H31N3O4. The van der Waals surface area contributed by atoms with Gasteiger partial charge >= 0.3 is 0 Å². The fourth-order valence-electron chi connectivity index (χ4n) is 3.32. The number of methoxy groups -OCH3 is 1. The van der Waals surface area contributed by atoms with E-state index in [0.29, 0.717) is 0 Å². The molecule has 29 heavy (non-hydrogen) atoms. The molecule has 1 saturated heterocycles. The van der Waals surface area contributed by atoms with Crippen LogP contribution in [0.25, 0.3) is 0 Å². The van der Waals surface area contributed by atoms with E-state index in [2.05, 4.69) is 11.2 Å². The number of hydrogen-bond acceptors (Lipinski definition) is 5. The number of nitrogens with zero attached hydrogens (tertiary/aromatic N) is 1. The van der Waals surface area contributed by atoms with Crippen LogP contribution in [0.15, 0.2) is 24.3 Å². The molecule has 1 aromatic carbocycles. The number of benzene rings is 1. The average molecular weight is 402 g/mol. The lowest BCUT2D eigenvalue weighted by atomic mass is 9.86. The molecule has 0 spiro atoms. The van der Waals surface area contributed by atoms with Crippen molar-refractivity contribution < 1.29 is 19.4 Å². The monoisotopic (exact) mass is 401 g/mol. The normalized spacial score (nSPS) is 21.3. The predicted octanol–water partition coefficient (Wildman–Crippen LogP) is 0.807. The Hall–Kier alpha value is -2.40. The van der Waals surface area contributed by atoms with Gasteiger partial charge in [0.2, 0.25) is 11.8 Å². The Kier molecular flexibility index (Phi) is 7.42. The lowest BCUT2D eigenvalue weighted by Crippen LogP contribution is -2.55. The molecule has 4 atom stereocenters. The van der Waals surface area contributed by atoms with Gasteiger partial charge in [-0.2, -0.15) is 0 Å². The van der Waals surface area contributed by atoms with Gasteiger partial charge in [-0.1, -0.05) is 38.8 Å². The van der Waals surface area contributed by atoms with Crippen LogP contribution in [-0.4, -0.2) is 60.3 Å². The van der Waals surface area contributed by atoms with Gasteiger partial charge in [0, 0.05) is 25.6 Å². The fraction of sp³-hybridized carbons (Fsp3) is 0.545. The minimum atomic E-state index is -0.782. The van der Waals surface area contributed by atoms with Crippen molar-refractivity contribution in [3.8, 4) is 12.3 Å². The molecule has 2 rings (SSSR count). The van der Waals surface area contributed by atoms with Crippen molar-refractivity contribution in [2.45, 2.75) is 51.4 Å².